The monoisotopic (exact) mass is 370 g/mol. The number of rotatable bonds is 6. The smallest absolute Gasteiger partial charge is 0.229 e. The van der Waals surface area contributed by atoms with Crippen molar-refractivity contribution in [2.45, 2.75) is 6.92 Å². The lowest BCUT2D eigenvalue weighted by Crippen LogP contribution is -2.02. The summed E-state index contributed by atoms with van der Waals surface area (Å²) < 4.78 is 10.7. The van der Waals surface area contributed by atoms with Crippen molar-refractivity contribution < 1.29 is 9.47 Å². The van der Waals surface area contributed by atoms with Crippen LogP contribution in [0.5, 0.6) is 11.5 Å². The average molecular weight is 371 g/mol. The molecule has 0 spiro atoms. The first-order valence-corrected chi connectivity index (χ1v) is 8.32. The second-order valence-electron chi connectivity index (χ2n) is 5.52. The van der Waals surface area contributed by atoms with Gasteiger partial charge in [0.1, 0.15) is 17.3 Å². The SMILES string of the molecule is COc1ccccc1Nc1ccnc(Nc2cc(C)c(Cl)cc2OC)n1. The fraction of sp³-hybridized carbons (Fsp3) is 0.158. The molecule has 6 nitrogen and oxygen atoms in total. The van der Waals surface area contributed by atoms with Gasteiger partial charge in [-0.3, -0.25) is 0 Å². The minimum Gasteiger partial charge on any atom is -0.495 e. The minimum absolute atomic E-state index is 0.435. The lowest BCUT2D eigenvalue weighted by molar-refractivity contribution is 0.416. The summed E-state index contributed by atoms with van der Waals surface area (Å²) >= 11 is 6.15. The predicted molar refractivity (Wildman–Crippen MR) is 104 cm³/mol. The average Bonchev–Trinajstić information content (AvgIpc) is 2.65. The molecule has 3 rings (SSSR count). The first-order chi connectivity index (χ1) is 12.6. The van der Waals surface area contributed by atoms with E-state index in [4.69, 9.17) is 21.1 Å². The van der Waals surface area contributed by atoms with Crippen LogP contribution in [-0.2, 0) is 0 Å². The number of aryl methyl sites for hydroxylation is 1. The van der Waals surface area contributed by atoms with E-state index in [1.54, 1.807) is 32.5 Å². The quantitative estimate of drug-likeness (QED) is 0.640. The molecule has 0 unspecified atom stereocenters. The topological polar surface area (TPSA) is 68.3 Å². The highest BCUT2D eigenvalue weighted by Gasteiger charge is 2.10. The molecular formula is C19H19ClN4O2. The molecule has 0 atom stereocenters. The molecule has 0 saturated carbocycles. The van der Waals surface area contributed by atoms with E-state index < -0.39 is 0 Å². The van der Waals surface area contributed by atoms with E-state index >= 15 is 0 Å². The molecule has 1 heterocycles. The highest BCUT2D eigenvalue weighted by Crippen LogP contribution is 2.32. The van der Waals surface area contributed by atoms with E-state index in [9.17, 15) is 0 Å². The molecule has 134 valence electrons. The fourth-order valence-electron chi connectivity index (χ4n) is 2.42. The normalized spacial score (nSPS) is 10.3. The maximum atomic E-state index is 6.15. The van der Waals surface area contributed by atoms with Crippen molar-refractivity contribution in [1.82, 2.24) is 9.97 Å². The molecule has 0 aliphatic heterocycles. The largest absolute Gasteiger partial charge is 0.495 e. The maximum Gasteiger partial charge on any atom is 0.229 e. The van der Waals surface area contributed by atoms with Gasteiger partial charge >= 0.3 is 0 Å². The predicted octanol–water partition coefficient (Wildman–Crippen LogP) is 4.94. The van der Waals surface area contributed by atoms with Gasteiger partial charge in [0.2, 0.25) is 5.95 Å². The summed E-state index contributed by atoms with van der Waals surface area (Å²) in [6, 6.07) is 13.1. The summed E-state index contributed by atoms with van der Waals surface area (Å²) in [7, 11) is 3.22. The van der Waals surface area contributed by atoms with E-state index in [1.807, 2.05) is 37.3 Å². The third-order valence-corrected chi connectivity index (χ3v) is 4.16. The zero-order valence-corrected chi connectivity index (χ0v) is 15.5. The summed E-state index contributed by atoms with van der Waals surface area (Å²) in [4.78, 5) is 8.75. The van der Waals surface area contributed by atoms with Gasteiger partial charge in [0.25, 0.3) is 0 Å². The summed E-state index contributed by atoms with van der Waals surface area (Å²) in [6.07, 6.45) is 1.67. The molecule has 2 aromatic carbocycles. The van der Waals surface area contributed by atoms with Gasteiger partial charge in [-0.2, -0.15) is 4.98 Å². The van der Waals surface area contributed by atoms with Crippen molar-refractivity contribution in [3.63, 3.8) is 0 Å². The van der Waals surface area contributed by atoms with Crippen molar-refractivity contribution in [2.24, 2.45) is 0 Å². The zero-order chi connectivity index (χ0) is 18.5. The Hall–Kier alpha value is -2.99. The number of nitrogens with zero attached hydrogens (tertiary/aromatic N) is 2. The van der Waals surface area contributed by atoms with Crippen LogP contribution < -0.4 is 20.1 Å². The molecule has 0 fully saturated rings. The molecule has 0 aliphatic carbocycles. The Labute approximate surface area is 157 Å². The van der Waals surface area contributed by atoms with Gasteiger partial charge < -0.3 is 20.1 Å². The summed E-state index contributed by atoms with van der Waals surface area (Å²) in [6.45, 7) is 1.92. The first-order valence-electron chi connectivity index (χ1n) is 7.95. The van der Waals surface area contributed by atoms with Crippen LogP contribution in [0.3, 0.4) is 0 Å². The second-order valence-corrected chi connectivity index (χ2v) is 5.92. The van der Waals surface area contributed by atoms with Crippen LogP contribution in [0.25, 0.3) is 0 Å². The van der Waals surface area contributed by atoms with Gasteiger partial charge in [0, 0.05) is 17.3 Å². The number of ether oxygens (including phenoxy) is 2. The molecule has 0 aliphatic rings. The lowest BCUT2D eigenvalue weighted by atomic mass is 10.2. The Morgan fingerprint density at radius 2 is 1.69 bits per heavy atom. The molecule has 3 aromatic rings. The highest BCUT2D eigenvalue weighted by atomic mass is 35.5. The molecule has 0 bridgehead atoms. The number of para-hydroxylation sites is 2. The van der Waals surface area contributed by atoms with Crippen LogP contribution in [0.15, 0.2) is 48.7 Å². The molecule has 2 N–H and O–H groups in total. The van der Waals surface area contributed by atoms with Crippen molar-refractivity contribution in [3.8, 4) is 11.5 Å². The molecule has 0 radical (unpaired) electrons. The number of aromatic nitrogens is 2. The number of benzene rings is 2. The van der Waals surface area contributed by atoms with Crippen molar-refractivity contribution in [1.29, 1.82) is 0 Å². The van der Waals surface area contributed by atoms with Gasteiger partial charge in [-0.1, -0.05) is 23.7 Å². The molecule has 26 heavy (non-hydrogen) atoms. The number of hydrogen-bond acceptors (Lipinski definition) is 6. The van der Waals surface area contributed by atoms with E-state index in [0.717, 1.165) is 22.7 Å². The minimum atomic E-state index is 0.435. The Morgan fingerprint density at radius 3 is 2.46 bits per heavy atom. The van der Waals surface area contributed by atoms with Crippen LogP contribution in [0.2, 0.25) is 5.02 Å². The summed E-state index contributed by atoms with van der Waals surface area (Å²) in [5.41, 5.74) is 2.49. The Kier molecular flexibility index (Phi) is 5.43. The number of nitrogens with one attached hydrogen (secondary N) is 2. The van der Waals surface area contributed by atoms with Crippen LogP contribution in [0.4, 0.5) is 23.1 Å². The first kappa shape index (κ1) is 17.8. The van der Waals surface area contributed by atoms with Gasteiger partial charge in [-0.15, -0.1) is 0 Å². The third kappa shape index (κ3) is 3.97. The fourth-order valence-corrected chi connectivity index (χ4v) is 2.58. The molecule has 0 saturated heterocycles. The Balaban J connectivity index is 1.85. The second kappa shape index (κ2) is 7.93. The van der Waals surface area contributed by atoms with Crippen LogP contribution in [0.1, 0.15) is 5.56 Å². The van der Waals surface area contributed by atoms with Crippen LogP contribution in [0, 0.1) is 6.92 Å². The summed E-state index contributed by atoms with van der Waals surface area (Å²) in [5, 5.41) is 7.04. The Morgan fingerprint density at radius 1 is 0.923 bits per heavy atom. The standard InChI is InChI=1S/C19H19ClN4O2/c1-12-10-15(17(26-3)11-13(12)20)23-19-21-9-8-18(24-19)22-14-6-4-5-7-16(14)25-2/h4-11H,1-3H3,(H2,21,22,23,24). The van der Waals surface area contributed by atoms with Crippen LogP contribution >= 0.6 is 11.6 Å². The van der Waals surface area contributed by atoms with Crippen LogP contribution in [-0.4, -0.2) is 24.2 Å². The zero-order valence-electron chi connectivity index (χ0n) is 14.7. The van der Waals surface area contributed by atoms with E-state index in [2.05, 4.69) is 20.6 Å². The summed E-state index contributed by atoms with van der Waals surface area (Å²) in [5.74, 6) is 2.42. The lowest BCUT2D eigenvalue weighted by Gasteiger charge is -2.13. The van der Waals surface area contributed by atoms with E-state index in [0.29, 0.717) is 22.5 Å². The number of methoxy groups -OCH3 is 2. The van der Waals surface area contributed by atoms with E-state index in [1.165, 1.54) is 0 Å². The molecular weight excluding hydrogens is 352 g/mol. The van der Waals surface area contributed by atoms with Gasteiger partial charge in [-0.05, 0) is 36.8 Å². The van der Waals surface area contributed by atoms with E-state index in [-0.39, 0.29) is 0 Å². The number of halogens is 1. The van der Waals surface area contributed by atoms with Crippen molar-refractivity contribution >= 4 is 34.7 Å². The Bertz CT molecular complexity index is 918. The molecule has 0 amide bonds. The molecule has 7 heteroatoms. The highest BCUT2D eigenvalue weighted by molar-refractivity contribution is 6.31. The van der Waals surface area contributed by atoms with Crippen molar-refractivity contribution in [3.05, 3.63) is 59.2 Å². The molecule has 1 aromatic heterocycles. The maximum absolute atomic E-state index is 6.15. The van der Waals surface area contributed by atoms with Gasteiger partial charge in [0.15, 0.2) is 0 Å². The van der Waals surface area contributed by atoms with Gasteiger partial charge in [-0.25, -0.2) is 4.98 Å². The van der Waals surface area contributed by atoms with Crippen molar-refractivity contribution in [2.75, 3.05) is 24.9 Å². The van der Waals surface area contributed by atoms with Gasteiger partial charge in [0.05, 0.1) is 25.6 Å². The number of anilines is 4. The third-order valence-electron chi connectivity index (χ3n) is 3.75. The number of hydrogen-bond donors (Lipinski definition) is 2.